The zero-order chi connectivity index (χ0) is 12.6. The molecule has 2 aliphatic rings. The first-order valence-corrected chi connectivity index (χ1v) is 7.70. The molecule has 98 valence electrons. The first-order valence-electron chi connectivity index (χ1n) is 6.82. The normalized spacial score (nSPS) is 27.1. The summed E-state index contributed by atoms with van der Waals surface area (Å²) in [6.07, 6.45) is 3.03. The number of fused-ring (bicyclic) bond motifs is 1. The van der Waals surface area contributed by atoms with Gasteiger partial charge in [0.1, 0.15) is 0 Å². The molecule has 0 bridgehead atoms. The molecule has 2 nitrogen and oxygen atoms in total. The molecule has 18 heavy (non-hydrogen) atoms. The number of benzene rings is 1. The molecule has 1 N–H and O–H groups in total. The van der Waals surface area contributed by atoms with Crippen LogP contribution in [0.4, 0.5) is 0 Å². The SMILES string of the molecule is CC1(O)CCN(CC2Cc3ccccc3S2)CC1. The highest BCUT2D eigenvalue weighted by Gasteiger charge is 2.30. The molecule has 0 aliphatic carbocycles. The highest BCUT2D eigenvalue weighted by atomic mass is 32.2. The second kappa shape index (κ2) is 4.87. The zero-order valence-corrected chi connectivity index (χ0v) is 11.7. The molecule has 2 heterocycles. The van der Waals surface area contributed by atoms with Crippen LogP contribution in [0.5, 0.6) is 0 Å². The Bertz CT molecular complexity index is 397. The Labute approximate surface area is 113 Å². The van der Waals surface area contributed by atoms with Crippen LogP contribution >= 0.6 is 11.8 Å². The Balaban J connectivity index is 1.54. The molecule has 1 aromatic carbocycles. The fourth-order valence-electron chi connectivity index (χ4n) is 2.86. The van der Waals surface area contributed by atoms with Gasteiger partial charge in [0, 0.05) is 29.8 Å². The summed E-state index contributed by atoms with van der Waals surface area (Å²) in [6, 6.07) is 8.76. The fourth-order valence-corrected chi connectivity index (χ4v) is 4.23. The minimum absolute atomic E-state index is 0.428. The Morgan fingerprint density at radius 2 is 2.06 bits per heavy atom. The summed E-state index contributed by atoms with van der Waals surface area (Å²) < 4.78 is 0. The van der Waals surface area contributed by atoms with E-state index in [9.17, 15) is 5.11 Å². The smallest absolute Gasteiger partial charge is 0.0644 e. The molecule has 0 amide bonds. The lowest BCUT2D eigenvalue weighted by molar-refractivity contribution is -0.00501. The maximum absolute atomic E-state index is 9.96. The van der Waals surface area contributed by atoms with Crippen molar-refractivity contribution in [3.8, 4) is 0 Å². The van der Waals surface area contributed by atoms with Crippen LogP contribution in [-0.4, -0.2) is 40.5 Å². The summed E-state index contributed by atoms with van der Waals surface area (Å²) in [5.41, 5.74) is 1.08. The monoisotopic (exact) mass is 263 g/mol. The molecule has 1 saturated heterocycles. The van der Waals surface area contributed by atoms with Gasteiger partial charge >= 0.3 is 0 Å². The second-order valence-electron chi connectivity index (χ2n) is 5.85. The Morgan fingerprint density at radius 1 is 1.33 bits per heavy atom. The fraction of sp³-hybridized carbons (Fsp3) is 0.600. The van der Waals surface area contributed by atoms with E-state index in [0.29, 0.717) is 5.25 Å². The molecule has 1 atom stereocenters. The van der Waals surface area contributed by atoms with Crippen LogP contribution in [0.3, 0.4) is 0 Å². The molecule has 1 aromatic rings. The largest absolute Gasteiger partial charge is 0.390 e. The van der Waals surface area contributed by atoms with Crippen LogP contribution in [0.2, 0.25) is 0 Å². The van der Waals surface area contributed by atoms with Crippen molar-refractivity contribution < 1.29 is 5.11 Å². The Hall–Kier alpha value is -0.510. The molecule has 0 aromatic heterocycles. The van der Waals surface area contributed by atoms with E-state index in [0.717, 1.165) is 32.5 Å². The minimum atomic E-state index is -0.428. The van der Waals surface area contributed by atoms with E-state index in [1.165, 1.54) is 16.9 Å². The van der Waals surface area contributed by atoms with Crippen molar-refractivity contribution in [3.05, 3.63) is 29.8 Å². The molecule has 0 saturated carbocycles. The van der Waals surface area contributed by atoms with Gasteiger partial charge < -0.3 is 10.0 Å². The van der Waals surface area contributed by atoms with Gasteiger partial charge in [-0.05, 0) is 37.8 Å². The Morgan fingerprint density at radius 3 is 2.78 bits per heavy atom. The highest BCUT2D eigenvalue weighted by Crippen LogP contribution is 2.37. The molecule has 0 spiro atoms. The third-order valence-electron chi connectivity index (χ3n) is 4.11. The summed E-state index contributed by atoms with van der Waals surface area (Å²) in [4.78, 5) is 3.98. The van der Waals surface area contributed by atoms with E-state index in [4.69, 9.17) is 0 Å². The third kappa shape index (κ3) is 2.73. The van der Waals surface area contributed by atoms with Crippen molar-refractivity contribution in [2.45, 2.75) is 41.9 Å². The topological polar surface area (TPSA) is 23.5 Å². The molecule has 3 rings (SSSR count). The maximum Gasteiger partial charge on any atom is 0.0644 e. The summed E-state index contributed by atoms with van der Waals surface area (Å²) >= 11 is 2.03. The van der Waals surface area contributed by atoms with E-state index >= 15 is 0 Å². The van der Waals surface area contributed by atoms with E-state index < -0.39 is 5.60 Å². The number of piperidine rings is 1. The minimum Gasteiger partial charge on any atom is -0.390 e. The summed E-state index contributed by atoms with van der Waals surface area (Å²) in [7, 11) is 0. The van der Waals surface area contributed by atoms with Crippen LogP contribution in [0.15, 0.2) is 29.2 Å². The molecule has 3 heteroatoms. The molecule has 1 unspecified atom stereocenters. The number of hydrogen-bond donors (Lipinski definition) is 1. The van der Waals surface area contributed by atoms with E-state index in [1.54, 1.807) is 0 Å². The summed E-state index contributed by atoms with van der Waals surface area (Å²) in [5.74, 6) is 0. The lowest BCUT2D eigenvalue weighted by atomic mass is 9.93. The van der Waals surface area contributed by atoms with Crippen molar-refractivity contribution in [2.24, 2.45) is 0 Å². The van der Waals surface area contributed by atoms with Gasteiger partial charge in [-0.25, -0.2) is 0 Å². The lowest BCUT2D eigenvalue weighted by Crippen LogP contribution is -2.44. The molecular formula is C15H21NOS. The van der Waals surface area contributed by atoms with Crippen LogP contribution in [0.1, 0.15) is 25.3 Å². The predicted molar refractivity (Wildman–Crippen MR) is 76.1 cm³/mol. The Kier molecular flexibility index (Phi) is 3.39. The maximum atomic E-state index is 9.96. The van der Waals surface area contributed by atoms with Gasteiger partial charge in [0.25, 0.3) is 0 Å². The zero-order valence-electron chi connectivity index (χ0n) is 10.9. The van der Waals surface area contributed by atoms with Crippen LogP contribution < -0.4 is 0 Å². The standard InChI is InChI=1S/C15H21NOS/c1-15(17)6-8-16(9-7-15)11-13-10-12-4-2-3-5-14(12)18-13/h2-5,13,17H,6-11H2,1H3. The van der Waals surface area contributed by atoms with Gasteiger partial charge in [-0.3, -0.25) is 0 Å². The van der Waals surface area contributed by atoms with Gasteiger partial charge in [-0.15, -0.1) is 11.8 Å². The van der Waals surface area contributed by atoms with Crippen LogP contribution in [0, 0.1) is 0 Å². The number of thioether (sulfide) groups is 1. The lowest BCUT2D eigenvalue weighted by Gasteiger charge is -2.36. The third-order valence-corrected chi connectivity index (χ3v) is 5.41. The van der Waals surface area contributed by atoms with Crippen molar-refractivity contribution in [1.29, 1.82) is 0 Å². The van der Waals surface area contributed by atoms with Crippen molar-refractivity contribution >= 4 is 11.8 Å². The van der Waals surface area contributed by atoms with Gasteiger partial charge in [0.2, 0.25) is 0 Å². The quantitative estimate of drug-likeness (QED) is 0.887. The molecule has 1 fully saturated rings. The van der Waals surface area contributed by atoms with E-state index in [-0.39, 0.29) is 0 Å². The van der Waals surface area contributed by atoms with Crippen LogP contribution in [-0.2, 0) is 6.42 Å². The summed E-state index contributed by atoms with van der Waals surface area (Å²) in [5, 5.41) is 10.7. The van der Waals surface area contributed by atoms with Gasteiger partial charge in [-0.2, -0.15) is 0 Å². The number of likely N-dealkylation sites (tertiary alicyclic amines) is 1. The van der Waals surface area contributed by atoms with E-state index in [1.807, 2.05) is 18.7 Å². The highest BCUT2D eigenvalue weighted by molar-refractivity contribution is 8.00. The predicted octanol–water partition coefficient (Wildman–Crippen LogP) is 2.55. The molecule has 0 radical (unpaired) electrons. The average Bonchev–Trinajstić information content (AvgIpc) is 2.74. The number of rotatable bonds is 2. The second-order valence-corrected chi connectivity index (χ2v) is 7.19. The first-order chi connectivity index (χ1) is 8.62. The van der Waals surface area contributed by atoms with Crippen LogP contribution in [0.25, 0.3) is 0 Å². The van der Waals surface area contributed by atoms with Gasteiger partial charge in [-0.1, -0.05) is 18.2 Å². The number of aliphatic hydroxyl groups is 1. The van der Waals surface area contributed by atoms with Gasteiger partial charge in [0.15, 0.2) is 0 Å². The molecular weight excluding hydrogens is 242 g/mol. The van der Waals surface area contributed by atoms with E-state index in [2.05, 4.69) is 29.2 Å². The van der Waals surface area contributed by atoms with Crippen molar-refractivity contribution in [2.75, 3.05) is 19.6 Å². The van der Waals surface area contributed by atoms with Crippen molar-refractivity contribution in [1.82, 2.24) is 4.90 Å². The molecule has 2 aliphatic heterocycles. The summed E-state index contributed by atoms with van der Waals surface area (Å²) in [6.45, 7) is 5.21. The number of hydrogen-bond acceptors (Lipinski definition) is 3. The van der Waals surface area contributed by atoms with Gasteiger partial charge in [0.05, 0.1) is 5.60 Å². The average molecular weight is 263 g/mol. The first kappa shape index (κ1) is 12.5. The number of nitrogens with zero attached hydrogens (tertiary/aromatic N) is 1. The van der Waals surface area contributed by atoms with Crippen molar-refractivity contribution in [3.63, 3.8) is 0 Å².